The second-order valence-corrected chi connectivity index (χ2v) is 10.7. The van der Waals surface area contributed by atoms with Crippen molar-refractivity contribution in [2.75, 3.05) is 0 Å². The van der Waals surface area contributed by atoms with E-state index in [0.717, 1.165) is 19.3 Å². The Morgan fingerprint density at radius 3 is 2.20 bits per heavy atom. The molecule has 0 spiro atoms. The number of aliphatic hydroxyl groups is 1. The number of rotatable bonds is 3. The van der Waals surface area contributed by atoms with Crippen LogP contribution in [-0.2, 0) is 4.79 Å². The van der Waals surface area contributed by atoms with Gasteiger partial charge in [0.1, 0.15) is 5.60 Å². The minimum atomic E-state index is -1.33. The van der Waals surface area contributed by atoms with Gasteiger partial charge >= 0.3 is 0 Å². The fourth-order valence-corrected chi connectivity index (χ4v) is 2.52. The quantitative estimate of drug-likeness (QED) is 0.593. The van der Waals surface area contributed by atoms with Crippen molar-refractivity contribution in [1.29, 1.82) is 0 Å². The molecule has 0 aromatic rings. The summed E-state index contributed by atoms with van der Waals surface area (Å²) in [5.74, 6) is -0.0791. The van der Waals surface area contributed by atoms with Crippen LogP contribution in [0.25, 0.3) is 0 Å². The molecule has 0 aromatic heterocycles. The highest BCUT2D eigenvalue weighted by molar-refractivity contribution is 6.81. The molecule has 86 valence electrons. The lowest BCUT2D eigenvalue weighted by Gasteiger charge is -2.29. The maximum atomic E-state index is 11.9. The van der Waals surface area contributed by atoms with Crippen LogP contribution >= 0.6 is 0 Å². The van der Waals surface area contributed by atoms with Crippen LogP contribution in [-0.4, -0.2) is 24.6 Å². The highest BCUT2D eigenvalue weighted by atomic mass is 28.3. The SMILES string of the molecule is C[Si](C)(C)/C=C/C(=O)C1(O)CCCCC1. The molecular weight excluding hydrogens is 204 g/mol. The van der Waals surface area contributed by atoms with Gasteiger partial charge in [-0.15, -0.1) is 0 Å². The first-order valence-corrected chi connectivity index (χ1v) is 9.37. The van der Waals surface area contributed by atoms with Crippen LogP contribution in [0.1, 0.15) is 32.1 Å². The second-order valence-electron chi connectivity index (χ2n) is 5.66. The lowest BCUT2D eigenvalue weighted by atomic mass is 9.82. The maximum absolute atomic E-state index is 11.9. The first kappa shape index (κ1) is 12.7. The van der Waals surface area contributed by atoms with Gasteiger partial charge in [0.05, 0.1) is 8.07 Å². The Kier molecular flexibility index (Phi) is 3.90. The molecule has 15 heavy (non-hydrogen) atoms. The molecule has 1 fully saturated rings. The lowest BCUT2D eigenvalue weighted by Crippen LogP contribution is -2.39. The molecule has 1 N–H and O–H groups in total. The number of carbonyl (C=O) groups excluding carboxylic acids is 1. The molecule has 0 aliphatic heterocycles. The molecule has 0 amide bonds. The molecule has 2 nitrogen and oxygen atoms in total. The molecule has 1 rings (SSSR count). The van der Waals surface area contributed by atoms with Gasteiger partial charge in [0, 0.05) is 0 Å². The summed E-state index contributed by atoms with van der Waals surface area (Å²) in [7, 11) is -1.33. The van der Waals surface area contributed by atoms with Crippen molar-refractivity contribution >= 4 is 13.9 Å². The zero-order valence-corrected chi connectivity index (χ0v) is 11.0. The first-order valence-electron chi connectivity index (χ1n) is 5.80. The minimum absolute atomic E-state index is 0.0791. The third kappa shape index (κ3) is 3.91. The molecule has 0 atom stereocenters. The van der Waals surface area contributed by atoms with Gasteiger partial charge < -0.3 is 5.11 Å². The average Bonchev–Trinajstić information content (AvgIpc) is 2.14. The molecule has 1 aliphatic carbocycles. The highest BCUT2D eigenvalue weighted by Crippen LogP contribution is 2.29. The third-order valence-corrected chi connectivity index (χ3v) is 4.04. The maximum Gasteiger partial charge on any atom is 0.186 e. The summed E-state index contributed by atoms with van der Waals surface area (Å²) in [5.41, 5.74) is 0.969. The van der Waals surface area contributed by atoms with Crippen molar-refractivity contribution in [3.63, 3.8) is 0 Å². The van der Waals surface area contributed by atoms with E-state index < -0.39 is 13.7 Å². The summed E-state index contributed by atoms with van der Waals surface area (Å²) in [4.78, 5) is 11.9. The van der Waals surface area contributed by atoms with Crippen molar-refractivity contribution in [2.24, 2.45) is 0 Å². The molecular formula is C12H22O2Si. The highest BCUT2D eigenvalue weighted by Gasteiger charge is 2.35. The fourth-order valence-electron chi connectivity index (χ4n) is 1.86. The fraction of sp³-hybridized carbons (Fsp3) is 0.750. The van der Waals surface area contributed by atoms with Gasteiger partial charge in [-0.1, -0.05) is 44.6 Å². The summed E-state index contributed by atoms with van der Waals surface area (Å²) < 4.78 is 0. The largest absolute Gasteiger partial charge is 0.382 e. The monoisotopic (exact) mass is 226 g/mol. The van der Waals surface area contributed by atoms with Crippen molar-refractivity contribution in [3.05, 3.63) is 11.8 Å². The van der Waals surface area contributed by atoms with Gasteiger partial charge in [-0.3, -0.25) is 4.79 Å². The Morgan fingerprint density at radius 1 is 1.20 bits per heavy atom. The Bertz CT molecular complexity index is 257. The van der Waals surface area contributed by atoms with Crippen molar-refractivity contribution < 1.29 is 9.90 Å². The standard InChI is InChI=1S/C12H22O2Si/c1-15(2,3)10-7-11(13)12(14)8-5-4-6-9-12/h7,10,14H,4-6,8-9H2,1-3H3/b10-7+. The summed E-state index contributed by atoms with van der Waals surface area (Å²) >= 11 is 0. The predicted molar refractivity (Wildman–Crippen MR) is 65.5 cm³/mol. The van der Waals surface area contributed by atoms with E-state index in [9.17, 15) is 9.90 Å². The van der Waals surface area contributed by atoms with Gasteiger partial charge in [-0.25, -0.2) is 0 Å². The topological polar surface area (TPSA) is 37.3 Å². The summed E-state index contributed by atoms with van der Waals surface area (Å²) in [6, 6.07) is 0. The molecule has 3 heteroatoms. The van der Waals surface area contributed by atoms with Crippen LogP contribution in [0.15, 0.2) is 11.8 Å². The third-order valence-electron chi connectivity index (χ3n) is 2.87. The van der Waals surface area contributed by atoms with Crippen molar-refractivity contribution in [1.82, 2.24) is 0 Å². The smallest absolute Gasteiger partial charge is 0.186 e. The predicted octanol–water partition coefficient (Wildman–Crippen LogP) is 2.68. The Hall–Kier alpha value is -0.413. The molecule has 1 saturated carbocycles. The summed E-state index contributed by atoms with van der Waals surface area (Å²) in [6.07, 6.45) is 6.00. The molecule has 0 aromatic carbocycles. The van der Waals surface area contributed by atoms with Gasteiger partial charge in [-0.05, 0) is 18.9 Å². The van der Waals surface area contributed by atoms with Crippen LogP contribution in [0, 0.1) is 0 Å². The van der Waals surface area contributed by atoms with E-state index >= 15 is 0 Å². The molecule has 0 radical (unpaired) electrons. The Morgan fingerprint density at radius 2 is 1.73 bits per heavy atom. The van der Waals surface area contributed by atoms with Crippen LogP contribution in [0.2, 0.25) is 19.6 Å². The van der Waals surface area contributed by atoms with Crippen LogP contribution < -0.4 is 0 Å². The average molecular weight is 226 g/mol. The van der Waals surface area contributed by atoms with Gasteiger partial charge in [-0.2, -0.15) is 0 Å². The van der Waals surface area contributed by atoms with Gasteiger partial charge in [0.2, 0.25) is 0 Å². The van der Waals surface area contributed by atoms with Crippen LogP contribution in [0.4, 0.5) is 0 Å². The number of hydrogen-bond donors (Lipinski definition) is 1. The minimum Gasteiger partial charge on any atom is -0.382 e. The summed E-state index contributed by atoms with van der Waals surface area (Å²) in [5, 5.41) is 10.2. The zero-order valence-electron chi connectivity index (χ0n) is 10.0. The van der Waals surface area contributed by atoms with Crippen LogP contribution in [0.5, 0.6) is 0 Å². The van der Waals surface area contributed by atoms with Gasteiger partial charge in [0.15, 0.2) is 5.78 Å². The van der Waals surface area contributed by atoms with Crippen molar-refractivity contribution in [3.8, 4) is 0 Å². The van der Waals surface area contributed by atoms with E-state index in [1.165, 1.54) is 0 Å². The van der Waals surface area contributed by atoms with E-state index in [-0.39, 0.29) is 5.78 Å². The normalized spacial score (nSPS) is 21.9. The van der Waals surface area contributed by atoms with E-state index in [0.29, 0.717) is 12.8 Å². The molecule has 0 saturated heterocycles. The number of hydrogen-bond acceptors (Lipinski definition) is 2. The molecule has 0 bridgehead atoms. The van der Waals surface area contributed by atoms with Crippen molar-refractivity contribution in [2.45, 2.75) is 57.3 Å². The molecule has 0 unspecified atom stereocenters. The Balaban J connectivity index is 2.63. The first-order chi connectivity index (χ1) is 6.83. The second kappa shape index (κ2) is 4.62. The number of ketones is 1. The number of carbonyl (C=O) groups is 1. The van der Waals surface area contributed by atoms with Gasteiger partial charge in [0.25, 0.3) is 0 Å². The van der Waals surface area contributed by atoms with E-state index in [2.05, 4.69) is 19.6 Å². The summed E-state index contributed by atoms with van der Waals surface area (Å²) in [6.45, 7) is 6.55. The zero-order chi connectivity index (χ0) is 11.5. The Labute approximate surface area is 93.4 Å². The van der Waals surface area contributed by atoms with E-state index in [1.54, 1.807) is 6.08 Å². The van der Waals surface area contributed by atoms with E-state index in [4.69, 9.17) is 0 Å². The lowest BCUT2D eigenvalue weighted by molar-refractivity contribution is -0.135. The van der Waals surface area contributed by atoms with E-state index in [1.807, 2.05) is 5.70 Å². The molecule has 0 heterocycles. The van der Waals surface area contributed by atoms with Crippen LogP contribution in [0.3, 0.4) is 0 Å². The molecule has 1 aliphatic rings.